The molecule has 0 radical (unpaired) electrons. The first kappa shape index (κ1) is 39.8. The minimum absolute atomic E-state index is 0.0465. The third kappa shape index (κ3) is 8.44. The van der Waals surface area contributed by atoms with Gasteiger partial charge in [-0.2, -0.15) is 0 Å². The molecule has 15 nitrogen and oxygen atoms in total. The first-order chi connectivity index (χ1) is 29.7. The number of nitrogens with zero attached hydrogens (tertiary/aromatic N) is 4. The fourth-order valence-corrected chi connectivity index (χ4v) is 7.38. The maximum atomic E-state index is 13.3. The number of carbonyl (C=O) groups excluding carboxylic acids is 2. The Morgan fingerprint density at radius 1 is 0.574 bits per heavy atom. The number of aliphatic hydroxyl groups excluding tert-OH is 1. The van der Waals surface area contributed by atoms with Gasteiger partial charge < -0.3 is 26.4 Å². The largest absolute Gasteiger partial charge is 0.394 e. The van der Waals surface area contributed by atoms with Crippen LogP contribution in [-0.4, -0.2) is 55.9 Å². The number of unbranched alkanes of at least 4 members (excludes halogenated alkanes) is 1. The van der Waals surface area contributed by atoms with Gasteiger partial charge in [-0.25, -0.2) is 9.97 Å². The second-order valence-corrected chi connectivity index (χ2v) is 14.4. The number of nitrogens with one attached hydrogen (secondary N) is 4. The van der Waals surface area contributed by atoms with Crippen molar-refractivity contribution in [1.29, 1.82) is 0 Å². The Hall–Kier alpha value is -8.04. The maximum Gasteiger partial charge on any atom is 0.293 e. The molecule has 0 spiro atoms. The van der Waals surface area contributed by atoms with Crippen molar-refractivity contribution < 1.29 is 24.5 Å². The molecule has 0 aliphatic heterocycles. The molecule has 8 rings (SSSR count). The van der Waals surface area contributed by atoms with Crippen LogP contribution in [0.1, 0.15) is 40.0 Å². The van der Waals surface area contributed by atoms with Crippen LogP contribution in [0.15, 0.2) is 133 Å². The maximum absolute atomic E-state index is 13.3. The second-order valence-electron chi connectivity index (χ2n) is 14.4. The standard InChI is InChI=1S/C46H38N8O7/c55-27-30(48-46(57)29-21-23-40(42(26-29)54(60)61)52-44-33-14-3-7-18-37(33)50-38-19-8-4-15-34(38)44)11-9-10-24-47-45(56)28-20-22-39(41(25-28)53(58)59)51-43-31-12-1-5-16-35(31)49-36-17-6-2-13-32(36)43/h1-8,12-23,25-26,30,55H,9-11,24,27H2,(H,47,56)(H,48,57)(H,49,51)(H,50,52). The van der Waals surface area contributed by atoms with Gasteiger partial charge in [0.1, 0.15) is 11.4 Å². The summed E-state index contributed by atoms with van der Waals surface area (Å²) in [6, 6.07) is 37.7. The molecule has 1 unspecified atom stereocenters. The topological polar surface area (TPSA) is 215 Å². The van der Waals surface area contributed by atoms with Crippen LogP contribution in [-0.2, 0) is 0 Å². The first-order valence-electron chi connectivity index (χ1n) is 19.5. The van der Waals surface area contributed by atoms with E-state index in [4.69, 9.17) is 9.97 Å². The monoisotopic (exact) mass is 814 g/mol. The molecular formula is C46H38N8O7. The van der Waals surface area contributed by atoms with Crippen LogP contribution in [0.2, 0.25) is 0 Å². The number of fused-ring (bicyclic) bond motifs is 4. The number of aliphatic hydroxyl groups is 1. The number of rotatable bonds is 15. The summed E-state index contributed by atoms with van der Waals surface area (Å²) >= 11 is 0. The molecule has 15 heteroatoms. The van der Waals surface area contributed by atoms with Crippen LogP contribution in [0.5, 0.6) is 0 Å². The summed E-state index contributed by atoms with van der Waals surface area (Å²) in [6.07, 6.45) is 1.33. The first-order valence-corrected chi connectivity index (χ1v) is 19.5. The Kier molecular flexibility index (Phi) is 11.4. The molecule has 0 saturated carbocycles. The number of para-hydroxylation sites is 4. The fraction of sp³-hybridized carbons (Fsp3) is 0.130. The van der Waals surface area contributed by atoms with Gasteiger partial charge in [-0.3, -0.25) is 29.8 Å². The Balaban J connectivity index is 0.878. The zero-order valence-corrected chi connectivity index (χ0v) is 32.5. The molecule has 0 bridgehead atoms. The number of hydrogen-bond donors (Lipinski definition) is 5. The number of nitro benzene ring substituents is 2. The van der Waals surface area contributed by atoms with E-state index in [1.54, 1.807) is 0 Å². The lowest BCUT2D eigenvalue weighted by molar-refractivity contribution is -0.384. The van der Waals surface area contributed by atoms with Crippen molar-refractivity contribution in [2.75, 3.05) is 23.8 Å². The van der Waals surface area contributed by atoms with E-state index in [0.717, 1.165) is 43.6 Å². The average Bonchev–Trinajstić information content (AvgIpc) is 3.28. The van der Waals surface area contributed by atoms with E-state index < -0.39 is 27.7 Å². The van der Waals surface area contributed by atoms with Gasteiger partial charge >= 0.3 is 0 Å². The molecule has 2 aromatic heterocycles. The van der Waals surface area contributed by atoms with Crippen molar-refractivity contribution in [3.63, 3.8) is 0 Å². The highest BCUT2D eigenvalue weighted by atomic mass is 16.6. The van der Waals surface area contributed by atoms with E-state index in [1.165, 1.54) is 36.4 Å². The molecule has 6 aromatic carbocycles. The van der Waals surface area contributed by atoms with Crippen molar-refractivity contribution in [3.05, 3.63) is 165 Å². The van der Waals surface area contributed by atoms with Crippen molar-refractivity contribution in [1.82, 2.24) is 20.6 Å². The Morgan fingerprint density at radius 3 is 1.39 bits per heavy atom. The van der Waals surface area contributed by atoms with Gasteiger partial charge in [0.15, 0.2) is 0 Å². The summed E-state index contributed by atoms with van der Waals surface area (Å²) in [4.78, 5) is 59.2. The Morgan fingerprint density at radius 2 is 0.984 bits per heavy atom. The predicted molar refractivity (Wildman–Crippen MR) is 236 cm³/mol. The van der Waals surface area contributed by atoms with Gasteiger partial charge in [0.25, 0.3) is 23.2 Å². The molecule has 8 aromatic rings. The van der Waals surface area contributed by atoms with E-state index in [2.05, 4.69) is 21.3 Å². The number of benzene rings is 6. The van der Waals surface area contributed by atoms with Crippen LogP contribution < -0.4 is 21.3 Å². The highest BCUT2D eigenvalue weighted by Crippen LogP contribution is 2.38. The van der Waals surface area contributed by atoms with Crippen molar-refractivity contribution in [2.24, 2.45) is 0 Å². The molecule has 2 heterocycles. The molecule has 2 amide bonds. The van der Waals surface area contributed by atoms with E-state index in [-0.39, 0.29) is 47.0 Å². The molecule has 0 fully saturated rings. The number of hydrogen-bond acceptors (Lipinski definition) is 11. The molecule has 5 N–H and O–H groups in total. The van der Waals surface area contributed by atoms with Gasteiger partial charge in [0.05, 0.1) is 55.9 Å². The summed E-state index contributed by atoms with van der Waals surface area (Å²) in [5.41, 5.74) is 4.19. The SMILES string of the molecule is O=C(NCCCCC(CO)NC(=O)c1ccc(Nc2c3ccccc3nc3ccccc23)c([N+](=O)[O-])c1)c1ccc(Nc2c3ccccc3nc3ccccc23)c([N+](=O)[O-])c1. The van der Waals surface area contributed by atoms with E-state index in [0.29, 0.717) is 30.6 Å². The minimum atomic E-state index is -0.660. The fourth-order valence-electron chi connectivity index (χ4n) is 7.38. The number of amides is 2. The molecular weight excluding hydrogens is 777 g/mol. The molecule has 0 aliphatic carbocycles. The van der Waals surface area contributed by atoms with Gasteiger partial charge in [0, 0.05) is 51.3 Å². The molecule has 0 saturated heterocycles. The summed E-state index contributed by atoms with van der Waals surface area (Å²) in [5.74, 6) is -1.09. The Labute approximate surface area is 347 Å². The quantitative estimate of drug-likeness (QED) is 0.0285. The molecule has 304 valence electrons. The number of aromatic nitrogens is 2. The highest BCUT2D eigenvalue weighted by molar-refractivity contribution is 6.10. The lowest BCUT2D eigenvalue weighted by Gasteiger charge is -2.17. The van der Waals surface area contributed by atoms with E-state index in [1.807, 2.05) is 97.1 Å². The lowest BCUT2D eigenvalue weighted by atomic mass is 10.1. The van der Waals surface area contributed by atoms with Crippen LogP contribution in [0, 0.1) is 20.2 Å². The van der Waals surface area contributed by atoms with Gasteiger partial charge in [-0.1, -0.05) is 72.8 Å². The summed E-state index contributed by atoms with van der Waals surface area (Å²) in [7, 11) is 0. The highest BCUT2D eigenvalue weighted by Gasteiger charge is 2.23. The molecule has 0 aliphatic rings. The summed E-state index contributed by atoms with van der Waals surface area (Å²) in [6.45, 7) is -0.145. The number of anilines is 4. The van der Waals surface area contributed by atoms with Crippen LogP contribution in [0.3, 0.4) is 0 Å². The van der Waals surface area contributed by atoms with Gasteiger partial charge in [-0.15, -0.1) is 0 Å². The number of nitro groups is 2. The van der Waals surface area contributed by atoms with Gasteiger partial charge in [-0.05, 0) is 67.8 Å². The molecule has 1 atom stereocenters. The van der Waals surface area contributed by atoms with Crippen molar-refractivity contribution >= 4 is 89.6 Å². The second kappa shape index (κ2) is 17.4. The summed E-state index contributed by atoms with van der Waals surface area (Å²) < 4.78 is 0. The third-order valence-corrected chi connectivity index (χ3v) is 10.4. The number of carbonyl (C=O) groups is 2. The van der Waals surface area contributed by atoms with Crippen LogP contribution in [0.4, 0.5) is 34.1 Å². The zero-order valence-electron chi connectivity index (χ0n) is 32.5. The smallest absolute Gasteiger partial charge is 0.293 e. The van der Waals surface area contributed by atoms with E-state index in [9.17, 15) is 34.9 Å². The molecule has 61 heavy (non-hydrogen) atoms. The van der Waals surface area contributed by atoms with Crippen LogP contribution >= 0.6 is 0 Å². The average molecular weight is 815 g/mol. The van der Waals surface area contributed by atoms with Crippen LogP contribution in [0.25, 0.3) is 43.6 Å². The normalized spacial score (nSPS) is 11.7. The predicted octanol–water partition coefficient (Wildman–Crippen LogP) is 9.08. The Bertz CT molecular complexity index is 2900. The lowest BCUT2D eigenvalue weighted by Crippen LogP contribution is -2.37. The minimum Gasteiger partial charge on any atom is -0.394 e. The summed E-state index contributed by atoms with van der Waals surface area (Å²) in [5, 5.41) is 49.7. The van der Waals surface area contributed by atoms with E-state index >= 15 is 0 Å². The van der Waals surface area contributed by atoms with Crippen molar-refractivity contribution in [3.8, 4) is 0 Å². The zero-order chi connectivity index (χ0) is 42.5. The third-order valence-electron chi connectivity index (χ3n) is 10.4. The van der Waals surface area contributed by atoms with Crippen molar-refractivity contribution in [2.45, 2.75) is 25.3 Å². The van der Waals surface area contributed by atoms with Gasteiger partial charge in [0.2, 0.25) is 0 Å². The number of pyridine rings is 2.